The van der Waals surface area contributed by atoms with Gasteiger partial charge in [-0.05, 0) is 111 Å². The number of nitrogens with zero attached hydrogens (tertiary/aromatic N) is 2. The van der Waals surface area contributed by atoms with Crippen LogP contribution in [0.1, 0.15) is 0 Å². The van der Waals surface area contributed by atoms with Crippen molar-refractivity contribution in [2.45, 2.75) is 0 Å². The summed E-state index contributed by atoms with van der Waals surface area (Å²) in [5.41, 5.74) is 13.0. The molecule has 0 spiro atoms. The minimum absolute atomic E-state index is 0.864. The fraction of sp³-hybridized carbons (Fsp3) is 0. The second kappa shape index (κ2) is 13.4. The Morgan fingerprint density at radius 2 is 0.983 bits per heavy atom. The Morgan fingerprint density at radius 1 is 0.373 bits per heavy atom. The number of hydrogen-bond acceptors (Lipinski definition) is 2. The molecule has 0 aliphatic heterocycles. The molecule has 0 atom stereocenters. The Kier molecular flexibility index (Phi) is 7.54. The summed E-state index contributed by atoms with van der Waals surface area (Å²) in [4.78, 5) is 2.37. The first-order valence-corrected chi connectivity index (χ1v) is 20.2. The second-order valence-corrected chi connectivity index (χ2v) is 15.3. The Balaban J connectivity index is 1.01. The molecule has 0 saturated heterocycles. The van der Waals surface area contributed by atoms with Gasteiger partial charge in [0.2, 0.25) is 0 Å². The smallest absolute Gasteiger partial charge is 0.145 e. The van der Waals surface area contributed by atoms with Crippen LogP contribution in [0.15, 0.2) is 223 Å². The van der Waals surface area contributed by atoms with Gasteiger partial charge in [-0.25, -0.2) is 0 Å². The molecule has 2 aromatic heterocycles. The summed E-state index contributed by atoms with van der Waals surface area (Å²) in [5, 5.41) is 9.71. The lowest BCUT2D eigenvalue weighted by atomic mass is 9.97. The van der Waals surface area contributed by atoms with E-state index in [1.165, 1.54) is 48.9 Å². The molecule has 276 valence electrons. The van der Waals surface area contributed by atoms with E-state index < -0.39 is 0 Å². The first-order chi connectivity index (χ1) is 29.3. The van der Waals surface area contributed by atoms with Crippen LogP contribution in [0.4, 0.5) is 17.1 Å². The molecule has 0 aliphatic rings. The van der Waals surface area contributed by atoms with Crippen LogP contribution < -0.4 is 4.90 Å². The molecule has 2 heterocycles. The zero-order valence-electron chi connectivity index (χ0n) is 32.1. The average Bonchev–Trinajstić information content (AvgIpc) is 3.86. The average molecular weight is 753 g/mol. The van der Waals surface area contributed by atoms with Gasteiger partial charge in [-0.3, -0.25) is 0 Å². The van der Waals surface area contributed by atoms with Crippen LogP contribution in [0.3, 0.4) is 0 Å². The number of benzene rings is 10. The fourth-order valence-corrected chi connectivity index (χ4v) is 9.24. The van der Waals surface area contributed by atoms with Crippen LogP contribution in [-0.4, -0.2) is 4.57 Å². The van der Waals surface area contributed by atoms with Gasteiger partial charge in [-0.15, -0.1) is 0 Å². The van der Waals surface area contributed by atoms with Gasteiger partial charge in [0.05, 0.1) is 22.1 Å². The summed E-state index contributed by atoms with van der Waals surface area (Å²) in [7, 11) is 0. The molecule has 0 aliphatic carbocycles. The van der Waals surface area contributed by atoms with E-state index in [1.54, 1.807) is 0 Å². The SMILES string of the molecule is c1ccc(N(c2cccc(-c3ccc4c(ccc5ccccc54)c3)c2)c2ccc(-c3ccc(-n4c5ccccc5c5ccccc54)cc3)c3oc4ccccc4c23)cc1. The van der Waals surface area contributed by atoms with Crippen molar-refractivity contribution in [2.24, 2.45) is 0 Å². The minimum atomic E-state index is 0.864. The van der Waals surface area contributed by atoms with Crippen molar-refractivity contribution < 1.29 is 4.42 Å². The monoisotopic (exact) mass is 752 g/mol. The molecular weight excluding hydrogens is 717 g/mol. The Labute approximate surface area is 341 Å². The molecule has 0 radical (unpaired) electrons. The van der Waals surface area contributed by atoms with E-state index in [0.717, 1.165) is 61.4 Å². The third-order valence-electron chi connectivity index (χ3n) is 12.0. The van der Waals surface area contributed by atoms with E-state index in [9.17, 15) is 0 Å². The largest absolute Gasteiger partial charge is 0.455 e. The maximum Gasteiger partial charge on any atom is 0.145 e. The molecule has 0 N–H and O–H groups in total. The molecule has 12 rings (SSSR count). The summed E-state index contributed by atoms with van der Waals surface area (Å²) in [6, 6.07) is 78.6. The highest BCUT2D eigenvalue weighted by atomic mass is 16.3. The summed E-state index contributed by atoms with van der Waals surface area (Å²) >= 11 is 0. The van der Waals surface area contributed by atoms with E-state index in [-0.39, 0.29) is 0 Å². The van der Waals surface area contributed by atoms with Gasteiger partial charge in [0.25, 0.3) is 0 Å². The topological polar surface area (TPSA) is 21.3 Å². The van der Waals surface area contributed by atoms with Gasteiger partial charge in [-0.1, -0.05) is 146 Å². The van der Waals surface area contributed by atoms with E-state index in [2.05, 4.69) is 228 Å². The van der Waals surface area contributed by atoms with Crippen molar-refractivity contribution >= 4 is 82.4 Å². The standard InChI is InChI=1S/C56H36N2O/c1-2-15-42(16-3-1)57(44-17-12-14-39(36-44)40-29-32-46-41(35-40)26-25-37-13-4-5-18-45(37)46)53-34-33-47(56-55(53)50-21-8-11-24-54(50)59-56)38-27-30-43(31-28-38)58-51-22-9-6-19-48(51)49-20-7-10-23-52(49)58/h1-36H. The van der Waals surface area contributed by atoms with E-state index in [1.807, 2.05) is 0 Å². The summed E-state index contributed by atoms with van der Waals surface area (Å²) in [5.74, 6) is 0. The molecule has 3 heteroatoms. The van der Waals surface area contributed by atoms with Crippen molar-refractivity contribution in [3.05, 3.63) is 218 Å². The van der Waals surface area contributed by atoms with Crippen LogP contribution in [0.25, 0.3) is 93.2 Å². The quantitative estimate of drug-likeness (QED) is 0.158. The highest BCUT2D eigenvalue weighted by molar-refractivity contribution is 6.17. The zero-order chi connectivity index (χ0) is 38.9. The highest BCUT2D eigenvalue weighted by Gasteiger charge is 2.23. The number of furan rings is 1. The Morgan fingerprint density at radius 3 is 1.78 bits per heavy atom. The molecule has 0 unspecified atom stereocenters. The number of aromatic nitrogens is 1. The summed E-state index contributed by atoms with van der Waals surface area (Å²) in [6.45, 7) is 0. The molecule has 10 aromatic carbocycles. The second-order valence-electron chi connectivity index (χ2n) is 15.3. The first-order valence-electron chi connectivity index (χ1n) is 20.2. The third-order valence-corrected chi connectivity index (χ3v) is 12.0. The minimum Gasteiger partial charge on any atom is -0.455 e. The lowest BCUT2D eigenvalue weighted by molar-refractivity contribution is 0.670. The van der Waals surface area contributed by atoms with Crippen LogP contribution in [0, 0.1) is 0 Å². The van der Waals surface area contributed by atoms with E-state index in [4.69, 9.17) is 4.42 Å². The van der Waals surface area contributed by atoms with Crippen LogP contribution in [-0.2, 0) is 0 Å². The van der Waals surface area contributed by atoms with Gasteiger partial charge in [0.1, 0.15) is 11.2 Å². The molecule has 0 saturated carbocycles. The third kappa shape index (κ3) is 5.36. The van der Waals surface area contributed by atoms with E-state index in [0.29, 0.717) is 0 Å². The molecule has 3 nitrogen and oxygen atoms in total. The predicted octanol–water partition coefficient (Wildman–Crippen LogP) is 15.8. The van der Waals surface area contributed by atoms with Gasteiger partial charge in [0, 0.05) is 38.8 Å². The maximum atomic E-state index is 6.85. The van der Waals surface area contributed by atoms with E-state index >= 15 is 0 Å². The molecule has 0 bridgehead atoms. The molecule has 0 fully saturated rings. The number of rotatable bonds is 6. The maximum absolute atomic E-state index is 6.85. The predicted molar refractivity (Wildman–Crippen MR) is 249 cm³/mol. The zero-order valence-corrected chi connectivity index (χ0v) is 32.1. The Hall–Kier alpha value is -7.88. The van der Waals surface area contributed by atoms with Crippen molar-refractivity contribution in [3.63, 3.8) is 0 Å². The molecule has 12 aromatic rings. The molecule has 0 amide bonds. The number of anilines is 3. The fourth-order valence-electron chi connectivity index (χ4n) is 9.24. The van der Waals surface area contributed by atoms with Gasteiger partial charge < -0.3 is 13.9 Å². The van der Waals surface area contributed by atoms with Gasteiger partial charge in [-0.2, -0.15) is 0 Å². The lowest BCUT2D eigenvalue weighted by Gasteiger charge is -2.27. The normalized spacial score (nSPS) is 11.7. The van der Waals surface area contributed by atoms with Crippen LogP contribution in [0.2, 0.25) is 0 Å². The number of para-hydroxylation sites is 4. The van der Waals surface area contributed by atoms with Gasteiger partial charge >= 0.3 is 0 Å². The van der Waals surface area contributed by atoms with Gasteiger partial charge in [0.15, 0.2) is 0 Å². The lowest BCUT2D eigenvalue weighted by Crippen LogP contribution is -2.10. The molecular formula is C56H36N2O. The van der Waals surface area contributed by atoms with Crippen LogP contribution >= 0.6 is 0 Å². The number of fused-ring (bicyclic) bond motifs is 9. The van der Waals surface area contributed by atoms with Crippen molar-refractivity contribution in [1.29, 1.82) is 0 Å². The van der Waals surface area contributed by atoms with Crippen molar-refractivity contribution in [2.75, 3.05) is 4.90 Å². The van der Waals surface area contributed by atoms with Crippen molar-refractivity contribution in [1.82, 2.24) is 4.57 Å². The number of hydrogen-bond donors (Lipinski definition) is 0. The summed E-state index contributed by atoms with van der Waals surface area (Å²) < 4.78 is 9.21. The molecule has 59 heavy (non-hydrogen) atoms. The highest BCUT2D eigenvalue weighted by Crippen LogP contribution is 2.47. The first kappa shape index (κ1) is 33.3. The summed E-state index contributed by atoms with van der Waals surface area (Å²) in [6.07, 6.45) is 0. The van der Waals surface area contributed by atoms with Crippen LogP contribution in [0.5, 0.6) is 0 Å². The Bertz CT molecular complexity index is 3500. The van der Waals surface area contributed by atoms with Crippen molar-refractivity contribution in [3.8, 4) is 27.9 Å².